The lowest BCUT2D eigenvalue weighted by Crippen LogP contribution is -2.09. The number of benzene rings is 2. The van der Waals surface area contributed by atoms with Crippen molar-refractivity contribution in [1.29, 1.82) is 0 Å². The van der Waals surface area contributed by atoms with Crippen molar-refractivity contribution < 1.29 is 43.9 Å². The molecule has 28 heavy (non-hydrogen) atoms. The summed E-state index contributed by atoms with van der Waals surface area (Å²) in [7, 11) is 0. The van der Waals surface area contributed by atoms with E-state index in [0.29, 0.717) is 0 Å². The molecule has 0 aliphatic rings. The third kappa shape index (κ3) is 6.75. The summed E-state index contributed by atoms with van der Waals surface area (Å²) in [4.78, 5) is 0. The van der Waals surface area contributed by atoms with Crippen LogP contribution < -0.4 is 0 Å². The van der Waals surface area contributed by atoms with Gasteiger partial charge in [-0.3, -0.25) is 0 Å². The van der Waals surface area contributed by atoms with Crippen LogP contribution in [0.5, 0.6) is 0 Å². The van der Waals surface area contributed by atoms with Crippen molar-refractivity contribution in [3.63, 3.8) is 0 Å². The monoisotopic (exact) mass is 416 g/mol. The summed E-state index contributed by atoms with van der Waals surface area (Å²) in [5, 5.41) is 0. The lowest BCUT2D eigenvalue weighted by molar-refractivity contribution is -0.109. The average Bonchev–Trinajstić information content (AvgIpc) is 2.66. The van der Waals surface area contributed by atoms with Crippen LogP contribution in [-0.4, -0.2) is 12.4 Å². The Kier molecular flexibility index (Phi) is 7.83. The predicted molar refractivity (Wildman–Crippen MR) is 83.3 cm³/mol. The zero-order valence-corrected chi connectivity index (χ0v) is 13.6. The Bertz CT molecular complexity index is 743. The Morgan fingerprint density at radius 3 is 0.929 bits per heavy atom. The minimum Gasteiger partial charge on any atom is -0.203 e. The van der Waals surface area contributed by atoms with Crippen LogP contribution in [0.4, 0.5) is 43.9 Å². The molecule has 0 radical (unpaired) electrons. The van der Waals surface area contributed by atoms with E-state index in [1.54, 1.807) is 0 Å². The molecule has 0 amide bonds. The first-order valence-electron chi connectivity index (χ1n) is 7.21. The third-order valence-electron chi connectivity index (χ3n) is 2.94. The molecule has 0 aliphatic carbocycles. The maximum atomic E-state index is 12.8. The van der Waals surface area contributed by atoms with E-state index in [1.165, 1.54) is 36.4 Å². The maximum Gasteiger partial charge on any atom is 0.445 e. The molecule has 0 N–H and O–H groups in total. The maximum absolute atomic E-state index is 12.8. The van der Waals surface area contributed by atoms with Crippen LogP contribution in [-0.2, 0) is 0 Å². The summed E-state index contributed by atoms with van der Waals surface area (Å²) in [6.45, 7) is 0. The summed E-state index contributed by atoms with van der Waals surface area (Å²) >= 11 is 0. The Morgan fingerprint density at radius 2 is 0.714 bits per heavy atom. The molecule has 2 aromatic rings. The van der Waals surface area contributed by atoms with Crippen molar-refractivity contribution >= 4 is 11.7 Å². The SMILES string of the molecule is F/C(=C(\F)C(F)(F)F)c1ccccc1.F/C(=C(\F)C(F)(F)F)c1ccccc1. The zero-order valence-electron chi connectivity index (χ0n) is 13.6. The summed E-state index contributed by atoms with van der Waals surface area (Å²) < 4.78 is 121. The fourth-order valence-electron chi connectivity index (χ4n) is 1.67. The molecule has 2 aromatic carbocycles. The topological polar surface area (TPSA) is 0 Å². The van der Waals surface area contributed by atoms with Gasteiger partial charge in [0.05, 0.1) is 0 Å². The number of halogens is 10. The molecule has 0 unspecified atom stereocenters. The van der Waals surface area contributed by atoms with Gasteiger partial charge in [-0.25, -0.2) is 8.78 Å². The predicted octanol–water partition coefficient (Wildman–Crippen LogP) is 7.71. The van der Waals surface area contributed by atoms with E-state index in [9.17, 15) is 43.9 Å². The number of hydrogen-bond acceptors (Lipinski definition) is 0. The van der Waals surface area contributed by atoms with Gasteiger partial charge in [0.1, 0.15) is 0 Å². The first kappa shape index (κ1) is 23.3. The van der Waals surface area contributed by atoms with E-state index < -0.39 is 46.8 Å². The molecular formula is C18H10F10. The van der Waals surface area contributed by atoms with Gasteiger partial charge < -0.3 is 0 Å². The van der Waals surface area contributed by atoms with E-state index in [0.717, 1.165) is 24.3 Å². The largest absolute Gasteiger partial charge is 0.445 e. The summed E-state index contributed by atoms with van der Waals surface area (Å²) in [5.41, 5.74) is -0.857. The van der Waals surface area contributed by atoms with Crippen molar-refractivity contribution in [2.24, 2.45) is 0 Å². The van der Waals surface area contributed by atoms with Crippen LogP contribution in [0.25, 0.3) is 11.7 Å². The Balaban J connectivity index is 0.000000280. The molecule has 0 fully saturated rings. The second-order valence-electron chi connectivity index (χ2n) is 4.98. The molecular weight excluding hydrogens is 406 g/mol. The number of allylic oxidation sites excluding steroid dienone is 2. The molecule has 0 saturated carbocycles. The van der Waals surface area contributed by atoms with Gasteiger partial charge in [0, 0.05) is 11.1 Å². The van der Waals surface area contributed by atoms with Crippen LogP contribution in [0.1, 0.15) is 11.1 Å². The van der Waals surface area contributed by atoms with Crippen molar-refractivity contribution in [3.8, 4) is 0 Å². The van der Waals surface area contributed by atoms with Crippen molar-refractivity contribution in [1.82, 2.24) is 0 Å². The van der Waals surface area contributed by atoms with Gasteiger partial charge in [0.2, 0.25) is 11.7 Å². The minimum atomic E-state index is -5.28. The lowest BCUT2D eigenvalue weighted by Gasteiger charge is -2.04. The van der Waals surface area contributed by atoms with Gasteiger partial charge in [0.25, 0.3) is 0 Å². The first-order valence-corrected chi connectivity index (χ1v) is 7.21. The second-order valence-corrected chi connectivity index (χ2v) is 4.98. The highest BCUT2D eigenvalue weighted by Crippen LogP contribution is 2.34. The van der Waals surface area contributed by atoms with Gasteiger partial charge in [0.15, 0.2) is 11.7 Å². The number of alkyl halides is 6. The highest BCUT2D eigenvalue weighted by Gasteiger charge is 2.39. The van der Waals surface area contributed by atoms with Crippen LogP contribution >= 0.6 is 0 Å². The van der Waals surface area contributed by atoms with Crippen molar-refractivity contribution in [2.75, 3.05) is 0 Å². The van der Waals surface area contributed by atoms with Crippen molar-refractivity contribution in [3.05, 3.63) is 83.4 Å². The molecule has 0 nitrogen and oxygen atoms in total. The first-order chi connectivity index (χ1) is 12.9. The van der Waals surface area contributed by atoms with E-state index >= 15 is 0 Å². The highest BCUT2D eigenvalue weighted by atomic mass is 19.4. The molecule has 0 spiro atoms. The molecule has 0 atom stereocenters. The van der Waals surface area contributed by atoms with Gasteiger partial charge in [-0.05, 0) is 0 Å². The summed E-state index contributed by atoms with van der Waals surface area (Å²) in [6.07, 6.45) is -10.6. The number of hydrogen-bond donors (Lipinski definition) is 0. The molecule has 0 bridgehead atoms. The standard InChI is InChI=1S/2C9H5F5/c2*10-7(8(11)9(12,13)14)6-4-2-1-3-5-6/h2*1-5H/b2*8-7-. The zero-order chi connectivity index (χ0) is 21.5. The molecule has 0 heterocycles. The minimum absolute atomic E-state index is 0.428. The van der Waals surface area contributed by atoms with Gasteiger partial charge in [-0.15, -0.1) is 0 Å². The summed E-state index contributed by atoms with van der Waals surface area (Å²) in [6, 6.07) is 12.5. The molecule has 10 heteroatoms. The van der Waals surface area contributed by atoms with E-state index in [-0.39, 0.29) is 0 Å². The molecule has 0 aliphatic heterocycles. The van der Waals surface area contributed by atoms with Gasteiger partial charge in [-0.2, -0.15) is 35.1 Å². The van der Waals surface area contributed by atoms with E-state index in [4.69, 9.17) is 0 Å². The molecule has 0 saturated heterocycles. The van der Waals surface area contributed by atoms with Gasteiger partial charge >= 0.3 is 12.4 Å². The fraction of sp³-hybridized carbons (Fsp3) is 0.111. The van der Waals surface area contributed by atoms with Crippen LogP contribution in [0.2, 0.25) is 0 Å². The van der Waals surface area contributed by atoms with Crippen molar-refractivity contribution in [2.45, 2.75) is 12.4 Å². The Labute approximate surface area is 152 Å². The van der Waals surface area contributed by atoms with Crippen LogP contribution in [0.15, 0.2) is 72.3 Å². The van der Waals surface area contributed by atoms with Crippen LogP contribution in [0, 0.1) is 0 Å². The molecule has 152 valence electrons. The number of rotatable bonds is 2. The molecule has 0 aromatic heterocycles. The lowest BCUT2D eigenvalue weighted by atomic mass is 10.2. The fourth-order valence-corrected chi connectivity index (χ4v) is 1.67. The Morgan fingerprint density at radius 1 is 0.464 bits per heavy atom. The normalized spacial score (nSPS) is 13.8. The smallest absolute Gasteiger partial charge is 0.203 e. The van der Waals surface area contributed by atoms with Gasteiger partial charge in [-0.1, -0.05) is 60.7 Å². The quantitative estimate of drug-likeness (QED) is 0.440. The second kappa shape index (κ2) is 9.43. The Hall–Kier alpha value is -2.78. The third-order valence-corrected chi connectivity index (χ3v) is 2.94. The molecule has 2 rings (SSSR count). The van der Waals surface area contributed by atoms with E-state index in [1.807, 2.05) is 0 Å². The van der Waals surface area contributed by atoms with E-state index in [2.05, 4.69) is 0 Å². The van der Waals surface area contributed by atoms with Crippen LogP contribution in [0.3, 0.4) is 0 Å². The average molecular weight is 416 g/mol. The summed E-state index contributed by atoms with van der Waals surface area (Å²) in [5.74, 6) is -9.19. The highest BCUT2D eigenvalue weighted by molar-refractivity contribution is 5.62.